The van der Waals surface area contributed by atoms with Gasteiger partial charge in [-0.1, -0.05) is 17.7 Å². The standard InChI is InChI=1S/C14H13ClN4O2S/c1-17(8-10-5-6-11(15)22-10)13(20)9-19-14(21)18-7-3-2-4-12(18)16-19/h2-7H,8-9H2,1H3. The molecule has 0 atom stereocenters. The highest BCUT2D eigenvalue weighted by Gasteiger charge is 2.14. The molecule has 0 aliphatic rings. The molecule has 0 radical (unpaired) electrons. The van der Waals surface area contributed by atoms with Crippen LogP contribution >= 0.6 is 22.9 Å². The van der Waals surface area contributed by atoms with Crippen molar-refractivity contribution < 1.29 is 4.79 Å². The van der Waals surface area contributed by atoms with Crippen molar-refractivity contribution in [3.8, 4) is 0 Å². The molecule has 3 aromatic rings. The van der Waals surface area contributed by atoms with Crippen LogP contribution in [-0.2, 0) is 17.9 Å². The van der Waals surface area contributed by atoms with Gasteiger partial charge in [-0.25, -0.2) is 9.48 Å². The van der Waals surface area contributed by atoms with Crippen LogP contribution in [0.5, 0.6) is 0 Å². The van der Waals surface area contributed by atoms with Gasteiger partial charge in [0.05, 0.1) is 10.9 Å². The topological polar surface area (TPSA) is 59.6 Å². The minimum Gasteiger partial charge on any atom is -0.339 e. The molecule has 0 N–H and O–H groups in total. The summed E-state index contributed by atoms with van der Waals surface area (Å²) in [7, 11) is 1.69. The van der Waals surface area contributed by atoms with E-state index in [4.69, 9.17) is 11.6 Å². The number of pyridine rings is 1. The third-order valence-corrected chi connectivity index (χ3v) is 4.44. The molecule has 0 unspecified atom stereocenters. The molecule has 3 aromatic heterocycles. The van der Waals surface area contributed by atoms with Crippen LogP contribution in [0, 0.1) is 0 Å². The first-order valence-corrected chi connectivity index (χ1v) is 7.76. The van der Waals surface area contributed by atoms with E-state index in [0.717, 1.165) is 4.88 Å². The second kappa shape index (κ2) is 5.94. The summed E-state index contributed by atoms with van der Waals surface area (Å²) in [5.74, 6) is -0.185. The van der Waals surface area contributed by atoms with Crippen LogP contribution in [0.15, 0.2) is 41.3 Å². The van der Waals surface area contributed by atoms with Gasteiger partial charge in [-0.15, -0.1) is 16.4 Å². The zero-order valence-electron chi connectivity index (χ0n) is 11.8. The molecule has 8 heteroatoms. The van der Waals surface area contributed by atoms with Gasteiger partial charge >= 0.3 is 5.69 Å². The van der Waals surface area contributed by atoms with Crippen molar-refractivity contribution in [1.29, 1.82) is 0 Å². The molecule has 0 fully saturated rings. The summed E-state index contributed by atoms with van der Waals surface area (Å²) in [5, 5.41) is 4.15. The smallest absolute Gasteiger partial charge is 0.339 e. The average Bonchev–Trinajstić information content (AvgIpc) is 3.04. The number of nitrogens with zero attached hydrogens (tertiary/aromatic N) is 4. The van der Waals surface area contributed by atoms with E-state index in [2.05, 4.69) is 5.10 Å². The first-order chi connectivity index (χ1) is 10.5. The second-order valence-corrected chi connectivity index (χ2v) is 6.62. The van der Waals surface area contributed by atoms with Gasteiger partial charge < -0.3 is 4.90 Å². The number of thiophene rings is 1. The zero-order valence-corrected chi connectivity index (χ0v) is 13.3. The van der Waals surface area contributed by atoms with E-state index >= 15 is 0 Å². The van der Waals surface area contributed by atoms with Crippen molar-refractivity contribution in [2.24, 2.45) is 0 Å². The fourth-order valence-corrected chi connectivity index (χ4v) is 3.22. The van der Waals surface area contributed by atoms with Crippen LogP contribution in [0.4, 0.5) is 0 Å². The van der Waals surface area contributed by atoms with E-state index in [1.807, 2.05) is 6.07 Å². The monoisotopic (exact) mass is 336 g/mol. The molecule has 0 bridgehead atoms. The lowest BCUT2D eigenvalue weighted by Gasteiger charge is -2.15. The summed E-state index contributed by atoms with van der Waals surface area (Å²) in [4.78, 5) is 26.9. The van der Waals surface area contributed by atoms with Gasteiger partial charge in [-0.05, 0) is 24.3 Å². The Kier molecular flexibility index (Phi) is 4.00. The molecule has 6 nitrogen and oxygen atoms in total. The summed E-state index contributed by atoms with van der Waals surface area (Å²) in [6, 6.07) is 8.94. The fraction of sp³-hybridized carbons (Fsp3) is 0.214. The number of hydrogen-bond acceptors (Lipinski definition) is 4. The molecule has 3 heterocycles. The van der Waals surface area contributed by atoms with Crippen LogP contribution in [0.1, 0.15) is 4.88 Å². The number of carbonyl (C=O) groups is 1. The first-order valence-electron chi connectivity index (χ1n) is 6.57. The number of fused-ring (bicyclic) bond motifs is 1. The summed E-state index contributed by atoms with van der Waals surface area (Å²) in [6.07, 6.45) is 1.63. The van der Waals surface area contributed by atoms with Gasteiger partial charge in [0.25, 0.3) is 0 Å². The molecule has 0 saturated carbocycles. The molecule has 1 amide bonds. The van der Waals surface area contributed by atoms with Crippen molar-refractivity contribution in [3.63, 3.8) is 0 Å². The van der Waals surface area contributed by atoms with Crippen LogP contribution in [0.2, 0.25) is 4.34 Å². The van der Waals surface area contributed by atoms with E-state index in [1.165, 1.54) is 20.4 Å². The molecule has 0 aliphatic carbocycles. The van der Waals surface area contributed by atoms with Gasteiger partial charge in [-0.3, -0.25) is 9.20 Å². The van der Waals surface area contributed by atoms with Gasteiger partial charge in [0.15, 0.2) is 5.65 Å². The Balaban J connectivity index is 1.75. The van der Waals surface area contributed by atoms with Crippen molar-refractivity contribution in [2.45, 2.75) is 13.1 Å². The fourth-order valence-electron chi connectivity index (χ4n) is 2.08. The Labute approximate surface area is 135 Å². The molecule has 0 spiro atoms. The number of halogens is 1. The summed E-state index contributed by atoms with van der Waals surface area (Å²) in [6.45, 7) is 0.370. The lowest BCUT2D eigenvalue weighted by atomic mass is 10.4. The Morgan fingerprint density at radius 3 is 2.86 bits per heavy atom. The van der Waals surface area contributed by atoms with Gasteiger partial charge in [0.1, 0.15) is 6.54 Å². The largest absolute Gasteiger partial charge is 0.350 e. The Morgan fingerprint density at radius 1 is 1.36 bits per heavy atom. The van der Waals surface area contributed by atoms with E-state index in [1.54, 1.807) is 42.4 Å². The molecular formula is C14H13ClN4O2S. The minimum atomic E-state index is -0.323. The highest BCUT2D eigenvalue weighted by Crippen LogP contribution is 2.22. The average molecular weight is 337 g/mol. The maximum atomic E-state index is 12.2. The summed E-state index contributed by atoms with van der Waals surface area (Å²) in [5.41, 5.74) is 0.199. The second-order valence-electron chi connectivity index (χ2n) is 4.82. The van der Waals surface area contributed by atoms with Crippen LogP contribution in [-0.4, -0.2) is 32.0 Å². The molecule has 0 aliphatic heterocycles. The Morgan fingerprint density at radius 2 is 2.18 bits per heavy atom. The van der Waals surface area contributed by atoms with E-state index < -0.39 is 0 Å². The van der Waals surface area contributed by atoms with Crippen LogP contribution in [0.25, 0.3) is 5.65 Å². The summed E-state index contributed by atoms with van der Waals surface area (Å²) >= 11 is 7.31. The third-order valence-electron chi connectivity index (χ3n) is 3.22. The molecule has 0 saturated heterocycles. The Hall–Kier alpha value is -2.12. The number of aromatic nitrogens is 3. The highest BCUT2D eigenvalue weighted by atomic mass is 35.5. The quantitative estimate of drug-likeness (QED) is 0.730. The third kappa shape index (κ3) is 2.90. The van der Waals surface area contributed by atoms with Crippen LogP contribution < -0.4 is 5.69 Å². The van der Waals surface area contributed by atoms with Gasteiger partial charge in [0, 0.05) is 18.1 Å². The predicted molar refractivity (Wildman–Crippen MR) is 85.3 cm³/mol. The van der Waals surface area contributed by atoms with Crippen molar-refractivity contribution in [2.75, 3.05) is 7.05 Å². The SMILES string of the molecule is CN(Cc1ccc(Cl)s1)C(=O)Cn1nc2ccccn2c1=O. The maximum absolute atomic E-state index is 12.2. The highest BCUT2D eigenvalue weighted by molar-refractivity contribution is 7.16. The van der Waals surface area contributed by atoms with E-state index in [9.17, 15) is 9.59 Å². The molecule has 114 valence electrons. The normalized spacial score (nSPS) is 11.0. The van der Waals surface area contributed by atoms with E-state index in [-0.39, 0.29) is 18.1 Å². The van der Waals surface area contributed by atoms with Crippen LogP contribution in [0.3, 0.4) is 0 Å². The molecule has 3 rings (SSSR count). The predicted octanol–water partition coefficient (Wildman–Crippen LogP) is 1.87. The number of likely N-dealkylation sites (N-methyl/N-ethyl adjacent to an activating group) is 1. The van der Waals surface area contributed by atoms with Crippen molar-refractivity contribution >= 4 is 34.5 Å². The lowest BCUT2D eigenvalue weighted by molar-refractivity contribution is -0.131. The number of hydrogen-bond donors (Lipinski definition) is 0. The molecule has 22 heavy (non-hydrogen) atoms. The van der Waals surface area contributed by atoms with Crippen molar-refractivity contribution in [3.05, 3.63) is 56.2 Å². The van der Waals surface area contributed by atoms with Gasteiger partial charge in [0.2, 0.25) is 5.91 Å². The number of rotatable bonds is 4. The summed E-state index contributed by atoms with van der Waals surface area (Å²) < 4.78 is 3.27. The van der Waals surface area contributed by atoms with Gasteiger partial charge in [-0.2, -0.15) is 0 Å². The molecular weight excluding hydrogens is 324 g/mol. The van der Waals surface area contributed by atoms with E-state index in [0.29, 0.717) is 16.5 Å². The number of amides is 1. The van der Waals surface area contributed by atoms with Crippen molar-refractivity contribution in [1.82, 2.24) is 19.1 Å². The minimum absolute atomic E-state index is 0.0872. The Bertz CT molecular complexity index is 882. The number of carbonyl (C=O) groups excluding carboxylic acids is 1. The molecule has 0 aromatic carbocycles. The maximum Gasteiger partial charge on any atom is 0.350 e. The zero-order chi connectivity index (χ0) is 15.7. The first kappa shape index (κ1) is 14.8. The lowest BCUT2D eigenvalue weighted by Crippen LogP contribution is -2.33.